The van der Waals surface area contributed by atoms with Gasteiger partial charge in [-0.15, -0.1) is 0 Å². The summed E-state index contributed by atoms with van der Waals surface area (Å²) in [6.07, 6.45) is 4.80. The number of fused-ring (bicyclic) bond motifs is 7. The molecule has 1 aliphatic heterocycles. The molecule has 2 heteroatoms. The molecule has 2 heterocycles. The number of hydrogen-bond acceptors (Lipinski definition) is 1. The summed E-state index contributed by atoms with van der Waals surface area (Å²) < 4.78 is 2.51. The second-order valence-corrected chi connectivity index (χ2v) is 11.7. The van der Waals surface area contributed by atoms with Crippen LogP contribution in [0.3, 0.4) is 0 Å². The van der Waals surface area contributed by atoms with E-state index in [-0.39, 0.29) is 12.0 Å². The largest absolute Gasteiger partial charge is 0.331 e. The Morgan fingerprint density at radius 1 is 0.477 bits per heavy atom. The highest BCUT2D eigenvalue weighted by atomic mass is 15.2. The molecule has 0 N–H and O–H groups in total. The minimum atomic E-state index is 0.111. The van der Waals surface area contributed by atoms with Gasteiger partial charge in [0.05, 0.1) is 17.3 Å². The lowest BCUT2D eigenvalue weighted by molar-refractivity contribution is 0.636. The first-order chi connectivity index (χ1) is 21.8. The summed E-state index contributed by atoms with van der Waals surface area (Å²) in [6, 6.07) is 57.4. The number of anilines is 2. The van der Waals surface area contributed by atoms with Gasteiger partial charge in [0.2, 0.25) is 0 Å². The number of benzene rings is 6. The topological polar surface area (TPSA) is 8.17 Å². The van der Waals surface area contributed by atoms with Gasteiger partial charge in [0.1, 0.15) is 0 Å². The maximum Gasteiger partial charge on any atom is 0.0856 e. The van der Waals surface area contributed by atoms with Crippen molar-refractivity contribution in [2.45, 2.75) is 12.0 Å². The molecule has 6 aromatic carbocycles. The molecule has 1 aromatic heterocycles. The van der Waals surface area contributed by atoms with E-state index in [9.17, 15) is 0 Å². The molecule has 0 fully saturated rings. The van der Waals surface area contributed by atoms with Crippen LogP contribution < -0.4 is 4.90 Å². The highest BCUT2D eigenvalue weighted by molar-refractivity contribution is 5.95. The molecule has 7 aromatic rings. The monoisotopic (exact) mass is 562 g/mol. The SMILES string of the molecule is C1=CC2c3ccccc3N(c3cccc(-c4ccccc4)c3)C2c2c1c1ccccc1n2-c1ccc(-c2ccccc2)cc1. The van der Waals surface area contributed by atoms with Crippen LogP contribution in [0.5, 0.6) is 0 Å². The van der Waals surface area contributed by atoms with Crippen LogP contribution >= 0.6 is 0 Å². The van der Waals surface area contributed by atoms with Gasteiger partial charge in [-0.2, -0.15) is 0 Å². The summed E-state index contributed by atoms with van der Waals surface area (Å²) >= 11 is 0. The molecule has 0 radical (unpaired) electrons. The molecule has 2 unspecified atom stereocenters. The van der Waals surface area contributed by atoms with Crippen LogP contribution in [0, 0.1) is 0 Å². The van der Waals surface area contributed by atoms with E-state index in [2.05, 4.69) is 179 Å². The normalized spacial score (nSPS) is 16.5. The molecule has 9 rings (SSSR count). The fraction of sp³-hybridized carbons (Fsp3) is 0.0476. The van der Waals surface area contributed by atoms with Crippen LogP contribution in [-0.2, 0) is 0 Å². The molecule has 208 valence electrons. The Hall–Kier alpha value is -5.60. The van der Waals surface area contributed by atoms with Gasteiger partial charge >= 0.3 is 0 Å². The first kappa shape index (κ1) is 24.9. The van der Waals surface area contributed by atoms with Gasteiger partial charge in [0, 0.05) is 33.9 Å². The third-order valence-electron chi connectivity index (χ3n) is 9.34. The molecule has 2 nitrogen and oxygen atoms in total. The van der Waals surface area contributed by atoms with Gasteiger partial charge in [-0.3, -0.25) is 0 Å². The van der Waals surface area contributed by atoms with Crippen molar-refractivity contribution in [3.63, 3.8) is 0 Å². The quantitative estimate of drug-likeness (QED) is 0.207. The fourth-order valence-corrected chi connectivity index (χ4v) is 7.40. The predicted molar refractivity (Wildman–Crippen MR) is 184 cm³/mol. The molecule has 0 saturated carbocycles. The van der Waals surface area contributed by atoms with Crippen LogP contribution in [0.15, 0.2) is 164 Å². The Kier molecular flexibility index (Phi) is 5.67. The maximum atomic E-state index is 2.59. The minimum Gasteiger partial charge on any atom is -0.331 e. The Morgan fingerprint density at radius 3 is 1.91 bits per heavy atom. The van der Waals surface area contributed by atoms with Gasteiger partial charge in [-0.05, 0) is 64.2 Å². The molecule has 2 atom stereocenters. The summed E-state index contributed by atoms with van der Waals surface area (Å²) in [4.78, 5) is 2.59. The Bertz CT molecular complexity index is 2170. The fourth-order valence-electron chi connectivity index (χ4n) is 7.40. The molecular weight excluding hydrogens is 532 g/mol. The molecule has 1 aliphatic carbocycles. The number of aromatic nitrogens is 1. The van der Waals surface area contributed by atoms with Gasteiger partial charge in [0.15, 0.2) is 0 Å². The van der Waals surface area contributed by atoms with Gasteiger partial charge in [0.25, 0.3) is 0 Å². The van der Waals surface area contributed by atoms with E-state index in [0.29, 0.717) is 0 Å². The van der Waals surface area contributed by atoms with E-state index in [1.807, 2.05) is 0 Å². The third kappa shape index (κ3) is 3.81. The highest BCUT2D eigenvalue weighted by Crippen LogP contribution is 2.57. The van der Waals surface area contributed by atoms with E-state index < -0.39 is 0 Å². The van der Waals surface area contributed by atoms with Crippen molar-refractivity contribution in [1.29, 1.82) is 0 Å². The standard InChI is InChI=1S/C42H30N2/c1-3-12-29(13-4-1)31-22-24-33(25-23-31)43-39-20-9-7-18-35(39)37-26-27-38-36-19-8-10-21-40(36)44(42(38)41(37)43)34-17-11-16-32(28-34)30-14-5-2-6-15-30/h1-28,38,42H. The van der Waals surface area contributed by atoms with Crippen LogP contribution in [0.2, 0.25) is 0 Å². The number of para-hydroxylation sites is 2. The molecule has 44 heavy (non-hydrogen) atoms. The molecule has 0 saturated heterocycles. The predicted octanol–water partition coefficient (Wildman–Crippen LogP) is 11.0. The first-order valence-corrected chi connectivity index (χ1v) is 15.4. The van der Waals surface area contributed by atoms with Crippen molar-refractivity contribution >= 4 is 28.4 Å². The van der Waals surface area contributed by atoms with Crippen molar-refractivity contribution in [1.82, 2.24) is 4.57 Å². The van der Waals surface area contributed by atoms with Crippen LogP contribution in [0.1, 0.15) is 28.8 Å². The van der Waals surface area contributed by atoms with E-state index in [1.54, 1.807) is 0 Å². The second-order valence-electron chi connectivity index (χ2n) is 11.7. The number of nitrogens with zero attached hydrogens (tertiary/aromatic N) is 2. The third-order valence-corrected chi connectivity index (χ3v) is 9.34. The van der Waals surface area contributed by atoms with Crippen LogP contribution in [0.25, 0.3) is 44.9 Å². The van der Waals surface area contributed by atoms with Crippen molar-refractivity contribution in [3.8, 4) is 27.9 Å². The van der Waals surface area contributed by atoms with Crippen molar-refractivity contribution in [3.05, 3.63) is 181 Å². The van der Waals surface area contributed by atoms with E-state index in [1.165, 1.54) is 67.0 Å². The molecule has 0 spiro atoms. The lowest BCUT2D eigenvalue weighted by Crippen LogP contribution is -2.26. The smallest absolute Gasteiger partial charge is 0.0856 e. The van der Waals surface area contributed by atoms with Gasteiger partial charge in [-0.25, -0.2) is 0 Å². The van der Waals surface area contributed by atoms with Gasteiger partial charge in [-0.1, -0.05) is 133 Å². The lowest BCUT2D eigenvalue weighted by atomic mass is 9.86. The average molecular weight is 563 g/mol. The zero-order chi connectivity index (χ0) is 29.0. The zero-order valence-electron chi connectivity index (χ0n) is 24.2. The van der Waals surface area contributed by atoms with Crippen molar-refractivity contribution in [2.24, 2.45) is 0 Å². The highest BCUT2D eigenvalue weighted by Gasteiger charge is 2.44. The van der Waals surface area contributed by atoms with Crippen molar-refractivity contribution < 1.29 is 0 Å². The van der Waals surface area contributed by atoms with Crippen LogP contribution in [-0.4, -0.2) is 4.57 Å². The second kappa shape index (κ2) is 10.00. The van der Waals surface area contributed by atoms with Crippen molar-refractivity contribution in [2.75, 3.05) is 4.90 Å². The summed E-state index contributed by atoms with van der Waals surface area (Å²) in [5.74, 6) is 0.241. The minimum absolute atomic E-state index is 0.111. The van der Waals surface area contributed by atoms with E-state index >= 15 is 0 Å². The number of rotatable bonds is 4. The summed E-state index contributed by atoms with van der Waals surface area (Å²) in [5.41, 5.74) is 13.9. The van der Waals surface area contributed by atoms with Gasteiger partial charge < -0.3 is 9.47 Å². The average Bonchev–Trinajstić information content (AvgIpc) is 3.62. The summed E-state index contributed by atoms with van der Waals surface area (Å²) in [6.45, 7) is 0. The summed E-state index contributed by atoms with van der Waals surface area (Å²) in [5, 5.41) is 1.29. The first-order valence-electron chi connectivity index (χ1n) is 15.4. The molecule has 0 bridgehead atoms. The molecular formula is C42H30N2. The van der Waals surface area contributed by atoms with E-state index in [0.717, 1.165) is 0 Å². The molecule has 0 amide bonds. The molecule has 2 aliphatic rings. The lowest BCUT2D eigenvalue weighted by Gasteiger charge is -2.33. The maximum absolute atomic E-state index is 2.59. The van der Waals surface area contributed by atoms with Crippen LogP contribution in [0.4, 0.5) is 11.4 Å². The van der Waals surface area contributed by atoms with E-state index in [4.69, 9.17) is 0 Å². The Labute approximate surface area is 257 Å². The zero-order valence-corrected chi connectivity index (χ0v) is 24.2. The number of hydrogen-bond donors (Lipinski definition) is 0. The Morgan fingerprint density at radius 2 is 1.11 bits per heavy atom. The summed E-state index contributed by atoms with van der Waals surface area (Å²) in [7, 11) is 0. The Balaban J connectivity index is 1.26.